The van der Waals surface area contributed by atoms with Gasteiger partial charge in [0, 0.05) is 17.1 Å². The Bertz CT molecular complexity index is 910. The van der Waals surface area contributed by atoms with Crippen molar-refractivity contribution in [2.45, 2.75) is 13.8 Å². The summed E-state index contributed by atoms with van der Waals surface area (Å²) in [5.74, 6) is -0.607. The molecule has 0 aliphatic carbocycles. The van der Waals surface area contributed by atoms with E-state index in [1.807, 2.05) is 32.0 Å². The lowest BCUT2D eigenvalue weighted by molar-refractivity contribution is -0.115. The number of rotatable bonds is 3. The number of aryl methyl sites for hydroxylation is 1. The minimum Gasteiger partial charge on any atom is -0.465 e. The van der Waals surface area contributed by atoms with Crippen LogP contribution in [0.1, 0.15) is 27.3 Å². The number of hydrogen-bond acceptors (Lipinski definition) is 4. The molecule has 0 saturated carbocycles. The second kappa shape index (κ2) is 6.52. The molecule has 0 unspecified atom stereocenters. The highest BCUT2D eigenvalue weighted by molar-refractivity contribution is 7.80. The average molecular weight is 355 g/mol. The van der Waals surface area contributed by atoms with Gasteiger partial charge in [0.25, 0.3) is 5.91 Å². The van der Waals surface area contributed by atoms with E-state index in [2.05, 4.69) is 15.2 Å². The Morgan fingerprint density at radius 1 is 1.20 bits per heavy atom. The van der Waals surface area contributed by atoms with Gasteiger partial charge >= 0.3 is 5.97 Å². The molecule has 0 radical (unpaired) electrons. The lowest BCUT2D eigenvalue weighted by Gasteiger charge is -2.10. The second-order valence-electron chi connectivity index (χ2n) is 5.67. The molecule has 1 aliphatic rings. The molecule has 3 rings (SSSR count). The normalized spacial score (nSPS) is 15.2. The number of thiocarbonyl (C=S) groups is 1. The van der Waals surface area contributed by atoms with Crippen LogP contribution in [0.5, 0.6) is 0 Å². The van der Waals surface area contributed by atoms with Crippen molar-refractivity contribution in [2.75, 3.05) is 7.11 Å². The van der Waals surface area contributed by atoms with Crippen LogP contribution in [0.15, 0.2) is 36.0 Å². The van der Waals surface area contributed by atoms with E-state index in [-0.39, 0.29) is 11.9 Å². The van der Waals surface area contributed by atoms with E-state index in [9.17, 15) is 9.59 Å². The third-order valence-electron chi connectivity index (χ3n) is 4.04. The van der Waals surface area contributed by atoms with Crippen LogP contribution in [-0.2, 0) is 9.53 Å². The molecular formula is C18H17N3O3S. The monoisotopic (exact) mass is 355 g/mol. The average Bonchev–Trinajstić information content (AvgIpc) is 3.05. The molecule has 1 fully saturated rings. The van der Waals surface area contributed by atoms with E-state index in [4.69, 9.17) is 17.0 Å². The number of nitrogens with zero attached hydrogens (tertiary/aromatic N) is 1. The van der Waals surface area contributed by atoms with Gasteiger partial charge in [0.15, 0.2) is 5.11 Å². The van der Waals surface area contributed by atoms with Gasteiger partial charge in [0.1, 0.15) is 5.70 Å². The summed E-state index contributed by atoms with van der Waals surface area (Å²) in [6.07, 6.45) is 1.77. The third-order valence-corrected chi connectivity index (χ3v) is 4.24. The van der Waals surface area contributed by atoms with Crippen molar-refractivity contribution in [3.8, 4) is 5.69 Å². The molecule has 2 N–H and O–H groups in total. The van der Waals surface area contributed by atoms with Crippen molar-refractivity contribution in [1.29, 1.82) is 0 Å². The number of esters is 1. The first-order valence-corrected chi connectivity index (χ1v) is 8.03. The van der Waals surface area contributed by atoms with Crippen molar-refractivity contribution in [1.82, 2.24) is 15.2 Å². The maximum atomic E-state index is 11.8. The van der Waals surface area contributed by atoms with Gasteiger partial charge in [-0.1, -0.05) is 0 Å². The summed E-state index contributed by atoms with van der Waals surface area (Å²) in [4.78, 5) is 23.4. The highest BCUT2D eigenvalue weighted by Gasteiger charge is 2.21. The second-order valence-corrected chi connectivity index (χ2v) is 6.07. The number of methoxy groups -OCH3 is 1. The number of nitrogens with one attached hydrogen (secondary N) is 2. The van der Waals surface area contributed by atoms with Crippen molar-refractivity contribution in [2.24, 2.45) is 0 Å². The van der Waals surface area contributed by atoms with Gasteiger partial charge < -0.3 is 14.6 Å². The molecule has 1 aliphatic heterocycles. The van der Waals surface area contributed by atoms with Crippen LogP contribution in [0.4, 0.5) is 0 Å². The fourth-order valence-electron chi connectivity index (χ4n) is 2.83. The smallest absolute Gasteiger partial charge is 0.337 e. The maximum Gasteiger partial charge on any atom is 0.337 e. The molecule has 128 valence electrons. The Balaban J connectivity index is 1.98. The van der Waals surface area contributed by atoms with Crippen molar-refractivity contribution in [3.05, 3.63) is 58.5 Å². The minimum absolute atomic E-state index is 0.239. The topological polar surface area (TPSA) is 72.4 Å². The van der Waals surface area contributed by atoms with E-state index < -0.39 is 0 Å². The summed E-state index contributed by atoms with van der Waals surface area (Å²) in [5.41, 5.74) is 4.74. The number of ether oxygens (including phenoxy) is 1. The molecular weight excluding hydrogens is 338 g/mol. The zero-order chi connectivity index (χ0) is 18.1. The largest absolute Gasteiger partial charge is 0.465 e. The molecule has 0 atom stereocenters. The minimum atomic E-state index is -0.368. The molecule has 25 heavy (non-hydrogen) atoms. The lowest BCUT2D eigenvalue weighted by Crippen LogP contribution is -2.21. The molecule has 7 heteroatoms. The van der Waals surface area contributed by atoms with E-state index in [0.29, 0.717) is 16.4 Å². The molecule has 2 heterocycles. The van der Waals surface area contributed by atoms with E-state index in [1.165, 1.54) is 7.11 Å². The molecule has 2 aromatic rings. The first-order valence-electron chi connectivity index (χ1n) is 7.62. The summed E-state index contributed by atoms with van der Waals surface area (Å²) in [5, 5.41) is 5.70. The summed E-state index contributed by atoms with van der Waals surface area (Å²) >= 11 is 4.95. The van der Waals surface area contributed by atoms with Gasteiger partial charge in [-0.05, 0) is 68.0 Å². The Kier molecular flexibility index (Phi) is 4.41. The molecule has 0 bridgehead atoms. The molecule has 1 aromatic carbocycles. The molecule has 1 saturated heterocycles. The summed E-state index contributed by atoms with van der Waals surface area (Å²) in [6, 6.07) is 9.16. The zero-order valence-corrected chi connectivity index (χ0v) is 14.9. The van der Waals surface area contributed by atoms with Crippen LogP contribution in [0.3, 0.4) is 0 Å². The predicted molar refractivity (Wildman–Crippen MR) is 98.4 cm³/mol. The number of carbonyl (C=O) groups excluding carboxylic acids is 2. The number of carbonyl (C=O) groups is 2. The van der Waals surface area contributed by atoms with Gasteiger partial charge in [-0.2, -0.15) is 0 Å². The van der Waals surface area contributed by atoms with Crippen molar-refractivity contribution >= 4 is 35.3 Å². The Morgan fingerprint density at radius 3 is 2.44 bits per heavy atom. The van der Waals surface area contributed by atoms with Crippen LogP contribution in [0.2, 0.25) is 0 Å². The van der Waals surface area contributed by atoms with Gasteiger partial charge in [0.05, 0.1) is 12.7 Å². The molecule has 0 spiro atoms. The Morgan fingerprint density at radius 2 is 1.88 bits per heavy atom. The molecule has 6 nitrogen and oxygen atoms in total. The summed E-state index contributed by atoms with van der Waals surface area (Å²) in [7, 11) is 1.36. The van der Waals surface area contributed by atoms with Gasteiger partial charge in [-0.15, -0.1) is 0 Å². The standard InChI is InChI=1S/C18H17N3O3S/c1-10-8-13(9-15-16(22)20-18(25)19-15)11(2)21(10)14-6-4-12(5-7-14)17(23)24-3/h4-9H,1-3H3,(H2,19,20,22,25). The first kappa shape index (κ1) is 16.9. The quantitative estimate of drug-likeness (QED) is 0.502. The number of hydrogen-bond donors (Lipinski definition) is 2. The van der Waals surface area contributed by atoms with Gasteiger partial charge in [-0.3, -0.25) is 10.1 Å². The SMILES string of the molecule is COC(=O)c1ccc(-n2c(C)cc(C=C3NC(=S)NC3=O)c2C)cc1. The fraction of sp³-hybridized carbons (Fsp3) is 0.167. The Hall–Kier alpha value is -2.93. The maximum absolute atomic E-state index is 11.8. The van der Waals surface area contributed by atoms with Gasteiger partial charge in [0.2, 0.25) is 0 Å². The van der Waals surface area contributed by atoms with Crippen LogP contribution in [-0.4, -0.2) is 28.7 Å². The van der Waals surface area contributed by atoms with Gasteiger partial charge in [-0.25, -0.2) is 4.79 Å². The lowest BCUT2D eigenvalue weighted by atomic mass is 10.2. The highest BCUT2D eigenvalue weighted by atomic mass is 32.1. The zero-order valence-electron chi connectivity index (χ0n) is 14.0. The third kappa shape index (κ3) is 3.18. The number of aromatic nitrogens is 1. The van der Waals surface area contributed by atoms with Crippen molar-refractivity contribution in [3.63, 3.8) is 0 Å². The molecule has 1 aromatic heterocycles. The van der Waals surface area contributed by atoms with E-state index in [0.717, 1.165) is 22.6 Å². The fourth-order valence-corrected chi connectivity index (χ4v) is 3.04. The Labute approximate surface area is 150 Å². The molecule has 1 amide bonds. The van der Waals surface area contributed by atoms with E-state index in [1.54, 1.807) is 18.2 Å². The van der Waals surface area contributed by atoms with Crippen LogP contribution >= 0.6 is 12.2 Å². The predicted octanol–water partition coefficient (Wildman–Crippen LogP) is 2.23. The number of amides is 1. The summed E-state index contributed by atoms with van der Waals surface area (Å²) in [6.45, 7) is 3.95. The first-order chi connectivity index (χ1) is 11.9. The summed E-state index contributed by atoms with van der Waals surface area (Å²) < 4.78 is 6.77. The highest BCUT2D eigenvalue weighted by Crippen LogP contribution is 2.23. The number of benzene rings is 1. The van der Waals surface area contributed by atoms with Crippen LogP contribution in [0, 0.1) is 13.8 Å². The van der Waals surface area contributed by atoms with Crippen molar-refractivity contribution < 1.29 is 14.3 Å². The van der Waals surface area contributed by atoms with Crippen LogP contribution in [0.25, 0.3) is 11.8 Å². The van der Waals surface area contributed by atoms with Crippen LogP contribution < -0.4 is 10.6 Å². The van der Waals surface area contributed by atoms with E-state index >= 15 is 0 Å².